The zero-order valence-corrected chi connectivity index (χ0v) is 9.59. The standard InChI is InChI=1S/C12H18N2O2/c1-13-6-4-10(7-13)12(16)9-14-5-2-3-11(15)8-14/h4,6-7,11,15H,2-3,5,8-9H2,1H3. The van der Waals surface area contributed by atoms with Crippen molar-refractivity contribution in [2.45, 2.75) is 18.9 Å². The number of likely N-dealkylation sites (tertiary alicyclic amines) is 1. The van der Waals surface area contributed by atoms with Gasteiger partial charge in [0.2, 0.25) is 0 Å². The van der Waals surface area contributed by atoms with Crippen molar-refractivity contribution < 1.29 is 9.90 Å². The molecule has 1 atom stereocenters. The number of nitrogens with zero attached hydrogens (tertiary/aromatic N) is 2. The van der Waals surface area contributed by atoms with E-state index >= 15 is 0 Å². The van der Waals surface area contributed by atoms with E-state index in [1.807, 2.05) is 35.0 Å². The minimum Gasteiger partial charge on any atom is -0.392 e. The number of carbonyl (C=O) groups excluding carboxylic acids is 1. The van der Waals surface area contributed by atoms with Crippen LogP contribution in [0, 0.1) is 0 Å². The van der Waals surface area contributed by atoms with Crippen molar-refractivity contribution in [3.05, 3.63) is 24.0 Å². The van der Waals surface area contributed by atoms with Crippen LogP contribution in [0.2, 0.25) is 0 Å². The van der Waals surface area contributed by atoms with E-state index in [-0.39, 0.29) is 11.9 Å². The van der Waals surface area contributed by atoms with Crippen LogP contribution in [-0.4, -0.2) is 46.1 Å². The first-order chi connectivity index (χ1) is 7.65. The minimum atomic E-state index is -0.266. The summed E-state index contributed by atoms with van der Waals surface area (Å²) < 4.78 is 1.87. The van der Waals surface area contributed by atoms with Crippen LogP contribution >= 0.6 is 0 Å². The minimum absolute atomic E-state index is 0.134. The molecule has 1 saturated heterocycles. The third-order valence-electron chi connectivity index (χ3n) is 3.00. The van der Waals surface area contributed by atoms with Gasteiger partial charge in [-0.15, -0.1) is 0 Å². The first-order valence-electron chi connectivity index (χ1n) is 5.71. The number of piperidine rings is 1. The number of hydrogen-bond acceptors (Lipinski definition) is 3. The van der Waals surface area contributed by atoms with Crippen molar-refractivity contribution >= 4 is 5.78 Å². The molecule has 1 fully saturated rings. The van der Waals surface area contributed by atoms with Crippen LogP contribution in [-0.2, 0) is 7.05 Å². The lowest BCUT2D eigenvalue weighted by Gasteiger charge is -2.29. The average Bonchev–Trinajstić information content (AvgIpc) is 2.65. The molecule has 0 aromatic carbocycles. The van der Waals surface area contributed by atoms with Crippen molar-refractivity contribution in [2.24, 2.45) is 7.05 Å². The number of β-amino-alcohol motifs (C(OH)–C–C–N with tert-alkyl or cyclic N) is 1. The normalized spacial score (nSPS) is 22.2. The summed E-state index contributed by atoms with van der Waals surface area (Å²) in [6.07, 6.45) is 5.28. The molecule has 0 bridgehead atoms. The monoisotopic (exact) mass is 222 g/mol. The number of ketones is 1. The molecule has 1 N–H and O–H groups in total. The Morgan fingerprint density at radius 2 is 2.44 bits per heavy atom. The highest BCUT2D eigenvalue weighted by atomic mass is 16.3. The zero-order valence-electron chi connectivity index (χ0n) is 9.59. The molecule has 88 valence electrons. The number of aromatic nitrogens is 1. The van der Waals surface area contributed by atoms with E-state index in [2.05, 4.69) is 0 Å². The molecule has 4 nitrogen and oxygen atoms in total. The van der Waals surface area contributed by atoms with Gasteiger partial charge in [0, 0.05) is 31.5 Å². The lowest BCUT2D eigenvalue weighted by molar-refractivity contribution is 0.0634. The lowest BCUT2D eigenvalue weighted by atomic mass is 10.1. The zero-order chi connectivity index (χ0) is 11.5. The van der Waals surface area contributed by atoms with Gasteiger partial charge in [0.05, 0.1) is 12.6 Å². The second-order valence-electron chi connectivity index (χ2n) is 4.52. The first kappa shape index (κ1) is 11.4. The van der Waals surface area contributed by atoms with Crippen LogP contribution in [0.3, 0.4) is 0 Å². The van der Waals surface area contributed by atoms with Crippen LogP contribution in [0.15, 0.2) is 18.5 Å². The molecule has 0 aliphatic carbocycles. The van der Waals surface area contributed by atoms with Gasteiger partial charge < -0.3 is 9.67 Å². The quantitative estimate of drug-likeness (QED) is 0.764. The fourth-order valence-corrected chi connectivity index (χ4v) is 2.14. The summed E-state index contributed by atoms with van der Waals surface area (Å²) in [5, 5.41) is 9.51. The average molecular weight is 222 g/mol. The van der Waals surface area contributed by atoms with E-state index in [9.17, 15) is 9.90 Å². The van der Waals surface area contributed by atoms with Crippen LogP contribution in [0.1, 0.15) is 23.2 Å². The summed E-state index contributed by atoms with van der Waals surface area (Å²) in [4.78, 5) is 13.9. The molecule has 2 rings (SSSR count). The molecule has 1 aliphatic rings. The van der Waals surface area contributed by atoms with Crippen LogP contribution in [0.5, 0.6) is 0 Å². The maximum atomic E-state index is 11.9. The SMILES string of the molecule is Cn1ccc(C(=O)CN2CCCC(O)C2)c1. The van der Waals surface area contributed by atoms with E-state index in [4.69, 9.17) is 0 Å². The molecule has 16 heavy (non-hydrogen) atoms. The number of aliphatic hydroxyl groups excluding tert-OH is 1. The van der Waals surface area contributed by atoms with Gasteiger partial charge in [-0.3, -0.25) is 9.69 Å². The highest BCUT2D eigenvalue weighted by Crippen LogP contribution is 2.11. The first-order valence-corrected chi connectivity index (χ1v) is 5.71. The fourth-order valence-electron chi connectivity index (χ4n) is 2.14. The largest absolute Gasteiger partial charge is 0.392 e. The van der Waals surface area contributed by atoms with Gasteiger partial charge in [-0.2, -0.15) is 0 Å². The third kappa shape index (κ3) is 2.71. The van der Waals surface area contributed by atoms with Crippen molar-refractivity contribution in [1.82, 2.24) is 9.47 Å². The Kier molecular flexibility index (Phi) is 3.41. The van der Waals surface area contributed by atoms with Gasteiger partial charge in [-0.05, 0) is 25.5 Å². The second kappa shape index (κ2) is 4.80. The second-order valence-corrected chi connectivity index (χ2v) is 4.52. The maximum Gasteiger partial charge on any atom is 0.178 e. The summed E-state index contributed by atoms with van der Waals surface area (Å²) in [5.74, 6) is 0.134. The Balaban J connectivity index is 1.92. The molecular weight excluding hydrogens is 204 g/mol. The Hall–Kier alpha value is -1.13. The smallest absolute Gasteiger partial charge is 0.178 e. The van der Waals surface area contributed by atoms with E-state index in [1.165, 1.54) is 0 Å². The number of aliphatic hydroxyl groups is 1. The molecular formula is C12H18N2O2. The van der Waals surface area contributed by atoms with Crippen molar-refractivity contribution in [1.29, 1.82) is 0 Å². The Morgan fingerprint density at radius 1 is 1.62 bits per heavy atom. The molecule has 1 aromatic rings. The van der Waals surface area contributed by atoms with Crippen LogP contribution < -0.4 is 0 Å². The number of carbonyl (C=O) groups is 1. The molecule has 1 aliphatic heterocycles. The van der Waals surface area contributed by atoms with E-state index in [0.717, 1.165) is 24.9 Å². The van der Waals surface area contributed by atoms with E-state index in [1.54, 1.807) is 0 Å². The third-order valence-corrected chi connectivity index (χ3v) is 3.00. The number of aryl methyl sites for hydroxylation is 1. The molecule has 4 heteroatoms. The van der Waals surface area contributed by atoms with Gasteiger partial charge >= 0.3 is 0 Å². The molecule has 1 aromatic heterocycles. The van der Waals surface area contributed by atoms with Crippen molar-refractivity contribution in [3.8, 4) is 0 Å². The van der Waals surface area contributed by atoms with Crippen LogP contribution in [0.25, 0.3) is 0 Å². The Bertz CT molecular complexity index is 373. The lowest BCUT2D eigenvalue weighted by Crippen LogP contribution is -2.41. The molecule has 0 spiro atoms. The molecule has 1 unspecified atom stereocenters. The predicted molar refractivity (Wildman–Crippen MR) is 61.4 cm³/mol. The topological polar surface area (TPSA) is 45.5 Å². The number of Topliss-reactive ketones (excluding diaryl/α,β-unsaturated/α-hetero) is 1. The van der Waals surface area contributed by atoms with Gasteiger partial charge in [-0.1, -0.05) is 0 Å². The molecule has 0 saturated carbocycles. The Morgan fingerprint density at radius 3 is 3.06 bits per heavy atom. The molecule has 0 radical (unpaired) electrons. The summed E-state index contributed by atoms with van der Waals surface area (Å²) >= 11 is 0. The van der Waals surface area contributed by atoms with Crippen molar-refractivity contribution in [3.63, 3.8) is 0 Å². The predicted octanol–water partition coefficient (Wildman–Crippen LogP) is 0.664. The Labute approximate surface area is 95.5 Å². The van der Waals surface area contributed by atoms with Crippen molar-refractivity contribution in [2.75, 3.05) is 19.6 Å². The molecule has 0 amide bonds. The summed E-state index contributed by atoms with van der Waals surface area (Å²) in [5.41, 5.74) is 0.752. The fraction of sp³-hybridized carbons (Fsp3) is 0.583. The summed E-state index contributed by atoms with van der Waals surface area (Å²) in [7, 11) is 1.90. The van der Waals surface area contributed by atoms with Crippen LogP contribution in [0.4, 0.5) is 0 Å². The van der Waals surface area contributed by atoms with Gasteiger partial charge in [0.15, 0.2) is 5.78 Å². The van der Waals surface area contributed by atoms with Gasteiger partial charge in [0.25, 0.3) is 0 Å². The van der Waals surface area contributed by atoms with Gasteiger partial charge in [-0.25, -0.2) is 0 Å². The molecule has 2 heterocycles. The maximum absolute atomic E-state index is 11.9. The van der Waals surface area contributed by atoms with E-state index < -0.39 is 0 Å². The summed E-state index contributed by atoms with van der Waals surface area (Å²) in [6.45, 7) is 1.95. The number of hydrogen-bond donors (Lipinski definition) is 1. The summed E-state index contributed by atoms with van der Waals surface area (Å²) in [6, 6.07) is 1.84. The van der Waals surface area contributed by atoms with E-state index in [0.29, 0.717) is 13.1 Å². The van der Waals surface area contributed by atoms with Gasteiger partial charge in [0.1, 0.15) is 0 Å². The highest BCUT2D eigenvalue weighted by Gasteiger charge is 2.20. The number of rotatable bonds is 3. The highest BCUT2D eigenvalue weighted by molar-refractivity contribution is 5.97.